The van der Waals surface area contributed by atoms with Gasteiger partial charge in [0.1, 0.15) is 5.76 Å². The van der Waals surface area contributed by atoms with Crippen LogP contribution < -0.4 is 5.32 Å². The van der Waals surface area contributed by atoms with Crippen LogP contribution in [-0.2, 0) is 4.79 Å². The number of carboxylic acid groups (broad SMARTS) is 1. The van der Waals surface area contributed by atoms with Gasteiger partial charge < -0.3 is 19.8 Å². The lowest BCUT2D eigenvalue weighted by Crippen LogP contribution is -2.31. The molecule has 0 aromatic carbocycles. The third kappa shape index (κ3) is 6.01. The molecule has 0 bridgehead atoms. The summed E-state index contributed by atoms with van der Waals surface area (Å²) >= 11 is 0. The van der Waals surface area contributed by atoms with E-state index < -0.39 is 12.1 Å². The van der Waals surface area contributed by atoms with Crippen LogP contribution in [0.4, 0.5) is 13.2 Å². The first-order chi connectivity index (χ1) is 12.2. The van der Waals surface area contributed by atoms with Gasteiger partial charge in [-0.15, -0.1) is 0 Å². The van der Waals surface area contributed by atoms with Crippen molar-refractivity contribution in [1.82, 2.24) is 15.4 Å². The zero-order valence-electron chi connectivity index (χ0n) is 14.4. The van der Waals surface area contributed by atoms with Gasteiger partial charge in [0.2, 0.25) is 0 Å². The van der Waals surface area contributed by atoms with Gasteiger partial charge in [0, 0.05) is 24.6 Å². The summed E-state index contributed by atoms with van der Waals surface area (Å²) in [6.45, 7) is 1.88. The molecule has 2 fully saturated rings. The maximum atomic E-state index is 11.9. The molecular weight excluding hydrogens is 355 g/mol. The number of nitrogens with one attached hydrogen (secondary N) is 1. The summed E-state index contributed by atoms with van der Waals surface area (Å²) in [7, 11) is 2.15. The van der Waals surface area contributed by atoms with E-state index in [4.69, 9.17) is 14.4 Å². The Morgan fingerprint density at radius 3 is 2.54 bits per heavy atom. The smallest absolute Gasteiger partial charge is 0.475 e. The molecule has 1 unspecified atom stereocenters. The minimum atomic E-state index is -5.08. The van der Waals surface area contributed by atoms with Gasteiger partial charge in [-0.25, -0.2) is 4.79 Å². The fourth-order valence-electron chi connectivity index (χ4n) is 2.74. The van der Waals surface area contributed by atoms with Crippen LogP contribution in [0, 0.1) is 0 Å². The van der Waals surface area contributed by atoms with Gasteiger partial charge in [0.15, 0.2) is 5.69 Å². The summed E-state index contributed by atoms with van der Waals surface area (Å²) < 4.78 is 36.9. The van der Waals surface area contributed by atoms with E-state index in [-0.39, 0.29) is 5.91 Å². The van der Waals surface area contributed by atoms with Crippen molar-refractivity contribution >= 4 is 11.9 Å². The Hall–Kier alpha value is -2.10. The van der Waals surface area contributed by atoms with Crippen LogP contribution >= 0.6 is 0 Å². The van der Waals surface area contributed by atoms with Crippen LogP contribution in [0.3, 0.4) is 0 Å². The van der Waals surface area contributed by atoms with Crippen molar-refractivity contribution in [2.75, 3.05) is 20.1 Å². The maximum Gasteiger partial charge on any atom is 0.490 e. The Bertz CT molecular complexity index is 629. The topological polar surface area (TPSA) is 95.7 Å². The highest BCUT2D eigenvalue weighted by Crippen LogP contribution is 2.40. The number of likely N-dealkylation sites (tertiary alicyclic amines) is 1. The molecule has 2 aliphatic rings. The van der Waals surface area contributed by atoms with Crippen LogP contribution in [-0.4, -0.2) is 59.4 Å². The highest BCUT2D eigenvalue weighted by atomic mass is 19.4. The van der Waals surface area contributed by atoms with Crippen LogP contribution in [0.5, 0.6) is 0 Å². The number of amides is 1. The van der Waals surface area contributed by atoms with Gasteiger partial charge in [0.25, 0.3) is 5.91 Å². The summed E-state index contributed by atoms with van der Waals surface area (Å²) in [6.07, 6.45) is 0.745. The zero-order valence-corrected chi connectivity index (χ0v) is 14.4. The van der Waals surface area contributed by atoms with Crippen LogP contribution in [0.1, 0.15) is 54.3 Å². The fourth-order valence-corrected chi connectivity index (χ4v) is 2.74. The molecule has 1 saturated heterocycles. The SMILES string of the molecule is CN1CCCC1CCNC(=O)c1cc(C2CC2)on1.O=C(O)C(F)(F)F. The molecular formula is C16H22F3N3O4. The monoisotopic (exact) mass is 377 g/mol. The van der Waals surface area contributed by atoms with Crippen LogP contribution in [0.15, 0.2) is 10.6 Å². The van der Waals surface area contributed by atoms with Gasteiger partial charge in [-0.1, -0.05) is 5.16 Å². The number of hydrogen-bond donors (Lipinski definition) is 2. The standard InChI is InChI=1S/C14H21N3O2.C2HF3O2/c1-17-8-2-3-11(17)6-7-15-14(18)12-9-13(19-16-12)10-4-5-10;3-2(4,5)1(6)7/h9-11H,2-8H2,1H3,(H,15,18);(H,6,7). The predicted molar refractivity (Wildman–Crippen MR) is 84.8 cm³/mol. The first-order valence-corrected chi connectivity index (χ1v) is 8.43. The van der Waals surface area contributed by atoms with E-state index in [1.54, 1.807) is 6.07 Å². The van der Waals surface area contributed by atoms with Gasteiger partial charge >= 0.3 is 12.1 Å². The molecule has 1 aliphatic carbocycles. The van der Waals surface area contributed by atoms with E-state index in [1.807, 2.05) is 0 Å². The first-order valence-electron chi connectivity index (χ1n) is 8.43. The summed E-state index contributed by atoms with van der Waals surface area (Å²) in [5, 5.41) is 13.9. The number of rotatable bonds is 5. The number of halogens is 3. The lowest BCUT2D eigenvalue weighted by atomic mass is 10.1. The lowest BCUT2D eigenvalue weighted by molar-refractivity contribution is -0.192. The highest BCUT2D eigenvalue weighted by Gasteiger charge is 2.38. The zero-order chi connectivity index (χ0) is 19.3. The number of carbonyl (C=O) groups is 2. The number of carbonyl (C=O) groups excluding carboxylic acids is 1. The van der Waals surface area contributed by atoms with Crippen molar-refractivity contribution in [3.05, 3.63) is 17.5 Å². The van der Waals surface area contributed by atoms with Crippen molar-refractivity contribution in [2.45, 2.75) is 50.2 Å². The van der Waals surface area contributed by atoms with E-state index >= 15 is 0 Å². The number of hydrogen-bond acceptors (Lipinski definition) is 5. The molecule has 0 spiro atoms. The van der Waals surface area contributed by atoms with E-state index in [2.05, 4.69) is 22.4 Å². The van der Waals surface area contributed by atoms with Gasteiger partial charge in [-0.2, -0.15) is 13.2 Å². The number of nitrogens with zero attached hydrogens (tertiary/aromatic N) is 2. The molecule has 2 heterocycles. The van der Waals surface area contributed by atoms with Crippen molar-refractivity contribution in [3.8, 4) is 0 Å². The van der Waals surface area contributed by atoms with E-state index in [9.17, 15) is 18.0 Å². The second-order valence-corrected chi connectivity index (χ2v) is 6.51. The average Bonchev–Trinajstić information content (AvgIpc) is 3.14. The molecule has 146 valence electrons. The number of aliphatic carboxylic acids is 1. The Kier molecular flexibility index (Phi) is 6.63. The molecule has 1 amide bonds. The normalized spacial score (nSPS) is 20.4. The molecule has 1 saturated carbocycles. The fraction of sp³-hybridized carbons (Fsp3) is 0.688. The Balaban J connectivity index is 0.000000298. The summed E-state index contributed by atoms with van der Waals surface area (Å²) in [6, 6.07) is 2.40. The van der Waals surface area contributed by atoms with Crippen molar-refractivity contribution in [3.63, 3.8) is 0 Å². The largest absolute Gasteiger partial charge is 0.490 e. The minimum absolute atomic E-state index is 0.115. The average molecular weight is 377 g/mol. The molecule has 1 aromatic rings. The predicted octanol–water partition coefficient (Wildman–Crippen LogP) is 2.40. The van der Waals surface area contributed by atoms with Gasteiger partial charge in [0.05, 0.1) is 0 Å². The number of carboxylic acids is 1. The van der Waals surface area contributed by atoms with E-state index in [0.717, 1.165) is 25.0 Å². The molecule has 1 aliphatic heterocycles. The quantitative estimate of drug-likeness (QED) is 0.818. The Morgan fingerprint density at radius 1 is 1.38 bits per heavy atom. The van der Waals surface area contributed by atoms with Crippen LogP contribution in [0.25, 0.3) is 0 Å². The van der Waals surface area contributed by atoms with Crippen LogP contribution in [0.2, 0.25) is 0 Å². The Labute approximate surface area is 148 Å². The van der Waals surface area contributed by atoms with Gasteiger partial charge in [-0.3, -0.25) is 4.79 Å². The summed E-state index contributed by atoms with van der Waals surface area (Å²) in [5.74, 6) is -1.51. The van der Waals surface area contributed by atoms with E-state index in [1.165, 1.54) is 19.4 Å². The molecule has 10 heteroatoms. The summed E-state index contributed by atoms with van der Waals surface area (Å²) in [4.78, 5) is 23.2. The minimum Gasteiger partial charge on any atom is -0.475 e. The van der Waals surface area contributed by atoms with Gasteiger partial charge in [-0.05, 0) is 45.7 Å². The molecule has 1 atom stereocenters. The van der Waals surface area contributed by atoms with Crippen molar-refractivity contribution in [1.29, 1.82) is 0 Å². The number of aromatic nitrogens is 1. The molecule has 1 aromatic heterocycles. The molecule has 2 N–H and O–H groups in total. The molecule has 7 nitrogen and oxygen atoms in total. The Morgan fingerprint density at radius 2 is 2.04 bits per heavy atom. The third-order valence-electron chi connectivity index (χ3n) is 4.42. The highest BCUT2D eigenvalue weighted by molar-refractivity contribution is 5.92. The summed E-state index contributed by atoms with van der Waals surface area (Å²) in [5.41, 5.74) is 0.418. The second kappa shape index (κ2) is 8.52. The lowest BCUT2D eigenvalue weighted by Gasteiger charge is -2.18. The molecule has 3 rings (SSSR count). The molecule has 0 radical (unpaired) electrons. The third-order valence-corrected chi connectivity index (χ3v) is 4.42. The van der Waals surface area contributed by atoms with Crippen molar-refractivity contribution < 1.29 is 32.4 Å². The first kappa shape index (κ1) is 20.2. The van der Waals surface area contributed by atoms with Crippen molar-refractivity contribution in [2.24, 2.45) is 0 Å². The van der Waals surface area contributed by atoms with E-state index in [0.29, 0.717) is 24.2 Å². The maximum absolute atomic E-state index is 11.9. The second-order valence-electron chi connectivity index (χ2n) is 6.51. The number of alkyl halides is 3. The molecule has 26 heavy (non-hydrogen) atoms.